The number of hydrogen-bond acceptors (Lipinski definition) is 0. The lowest BCUT2D eigenvalue weighted by Gasteiger charge is -2.10. The minimum absolute atomic E-state index is 1.29. The molecule has 1 saturated carbocycles. The van der Waals surface area contributed by atoms with Crippen molar-refractivity contribution in [2.75, 3.05) is 0 Å². The molecule has 0 heterocycles. The molecule has 1 aliphatic carbocycles. The summed E-state index contributed by atoms with van der Waals surface area (Å²) >= 11 is 0. The van der Waals surface area contributed by atoms with Gasteiger partial charge in [0.15, 0.2) is 0 Å². The van der Waals surface area contributed by atoms with Gasteiger partial charge in [-0.1, -0.05) is 64.5 Å². The fourth-order valence-electron chi connectivity index (χ4n) is 1.73. The van der Waals surface area contributed by atoms with Gasteiger partial charge in [-0.25, -0.2) is 0 Å². The fourth-order valence-corrected chi connectivity index (χ4v) is 1.73. The topological polar surface area (TPSA) is 0 Å². The third-order valence-electron chi connectivity index (χ3n) is 2.77. The maximum atomic E-state index is 3.91. The molecule has 0 radical (unpaired) electrons. The second kappa shape index (κ2) is 10.8. The van der Waals surface area contributed by atoms with Crippen LogP contribution in [0.5, 0.6) is 0 Å². The van der Waals surface area contributed by atoms with Crippen molar-refractivity contribution in [2.24, 2.45) is 0 Å². The highest BCUT2D eigenvalue weighted by molar-refractivity contribution is 4.95. The second-order valence-corrected chi connectivity index (χ2v) is 4.37. The van der Waals surface area contributed by atoms with Gasteiger partial charge in [-0.2, -0.15) is 0 Å². The van der Waals surface area contributed by atoms with E-state index >= 15 is 0 Å². The van der Waals surface area contributed by atoms with E-state index in [0.29, 0.717) is 0 Å². The van der Waals surface area contributed by atoms with Crippen LogP contribution < -0.4 is 0 Å². The van der Waals surface area contributed by atoms with E-state index in [2.05, 4.69) is 20.4 Å². The van der Waals surface area contributed by atoms with Crippen molar-refractivity contribution < 1.29 is 0 Å². The lowest BCUT2D eigenvalue weighted by molar-refractivity contribution is 0.601. The number of unbranched alkanes of at least 4 members (excludes halogenated alkanes) is 4. The van der Waals surface area contributed by atoms with Crippen LogP contribution in [0.4, 0.5) is 0 Å². The van der Waals surface area contributed by atoms with Crippen molar-refractivity contribution in [1.82, 2.24) is 0 Å². The molecule has 0 amide bonds. The van der Waals surface area contributed by atoms with Crippen LogP contribution in [0.15, 0.2) is 12.2 Å². The molecule has 0 nitrogen and oxygen atoms in total. The van der Waals surface area contributed by atoms with Crippen LogP contribution in [0, 0.1) is 0 Å². The molecule has 0 unspecified atom stereocenters. The van der Waals surface area contributed by atoms with Gasteiger partial charge in [0.25, 0.3) is 0 Å². The summed E-state index contributed by atoms with van der Waals surface area (Å²) in [6.45, 7) is 8.41. The van der Waals surface area contributed by atoms with Crippen molar-refractivity contribution in [3.05, 3.63) is 12.2 Å². The van der Waals surface area contributed by atoms with E-state index in [-0.39, 0.29) is 0 Å². The molecule has 1 fully saturated rings. The molecule has 0 aromatic rings. The van der Waals surface area contributed by atoms with Crippen molar-refractivity contribution in [1.29, 1.82) is 0 Å². The summed E-state index contributed by atoms with van der Waals surface area (Å²) in [7, 11) is 0. The average Bonchev–Trinajstić information content (AvgIpc) is 2.21. The second-order valence-electron chi connectivity index (χ2n) is 4.37. The first kappa shape index (κ1) is 13.7. The summed E-state index contributed by atoms with van der Waals surface area (Å²) in [5.41, 5.74) is 1.46. The smallest absolute Gasteiger partial charge is 0.0323 e. The lowest BCUT2D eigenvalue weighted by Crippen LogP contribution is -1.90. The van der Waals surface area contributed by atoms with E-state index in [0.717, 1.165) is 0 Å². The quantitative estimate of drug-likeness (QED) is 0.412. The molecule has 0 N–H and O–H groups in total. The molecule has 1 rings (SSSR count). The van der Waals surface area contributed by atoms with Gasteiger partial charge in [0.1, 0.15) is 0 Å². The maximum absolute atomic E-state index is 3.91. The van der Waals surface area contributed by atoms with E-state index in [4.69, 9.17) is 0 Å². The average molecular weight is 196 g/mol. The predicted octanol–water partition coefficient (Wildman–Crippen LogP) is 5.48. The summed E-state index contributed by atoms with van der Waals surface area (Å²) in [6, 6.07) is 0. The van der Waals surface area contributed by atoms with Crippen LogP contribution in [-0.2, 0) is 0 Å². The highest BCUT2D eigenvalue weighted by Crippen LogP contribution is 2.20. The molecular weight excluding hydrogens is 168 g/mol. The Labute approximate surface area is 90.8 Å². The van der Waals surface area contributed by atoms with Gasteiger partial charge in [0.05, 0.1) is 0 Å². The first-order valence-corrected chi connectivity index (χ1v) is 6.47. The largest absolute Gasteiger partial charge is 0.0999 e. The van der Waals surface area contributed by atoms with E-state index in [1.54, 1.807) is 0 Å². The van der Waals surface area contributed by atoms with Gasteiger partial charge in [0.2, 0.25) is 0 Å². The highest BCUT2D eigenvalue weighted by Gasteiger charge is 2.00. The Bertz CT molecular complexity index is 112. The zero-order valence-corrected chi connectivity index (χ0v) is 10.3. The Morgan fingerprint density at radius 1 is 0.857 bits per heavy atom. The SMILES string of the molecule is C=C1CCCCC1.CCCCCCC. The Kier molecular flexibility index (Phi) is 10.6. The zero-order chi connectivity index (χ0) is 10.6. The third-order valence-corrected chi connectivity index (χ3v) is 2.77. The summed E-state index contributed by atoms with van der Waals surface area (Å²) in [6.07, 6.45) is 13.8. The molecule has 0 aromatic heterocycles. The monoisotopic (exact) mass is 196 g/mol. The van der Waals surface area contributed by atoms with Gasteiger partial charge >= 0.3 is 0 Å². The predicted molar refractivity (Wildman–Crippen MR) is 66.7 cm³/mol. The van der Waals surface area contributed by atoms with E-state index < -0.39 is 0 Å². The van der Waals surface area contributed by atoms with E-state index in [1.807, 2.05) is 0 Å². The molecule has 0 aromatic carbocycles. The van der Waals surface area contributed by atoms with Crippen molar-refractivity contribution in [3.63, 3.8) is 0 Å². The van der Waals surface area contributed by atoms with Gasteiger partial charge in [-0.15, -0.1) is 0 Å². The zero-order valence-electron chi connectivity index (χ0n) is 10.3. The third kappa shape index (κ3) is 9.83. The van der Waals surface area contributed by atoms with Crippen LogP contribution in [0.25, 0.3) is 0 Å². The highest BCUT2D eigenvalue weighted by atomic mass is 14.1. The summed E-state index contributed by atoms with van der Waals surface area (Å²) in [4.78, 5) is 0. The molecule has 0 aliphatic heterocycles. The summed E-state index contributed by atoms with van der Waals surface area (Å²) in [5, 5.41) is 0. The normalized spacial score (nSPS) is 16.0. The Morgan fingerprint density at radius 3 is 1.64 bits per heavy atom. The van der Waals surface area contributed by atoms with E-state index in [9.17, 15) is 0 Å². The first-order valence-electron chi connectivity index (χ1n) is 6.47. The molecule has 84 valence electrons. The summed E-state index contributed by atoms with van der Waals surface area (Å²) in [5.74, 6) is 0. The van der Waals surface area contributed by atoms with E-state index in [1.165, 1.54) is 69.8 Å². The van der Waals surface area contributed by atoms with Crippen molar-refractivity contribution in [3.8, 4) is 0 Å². The molecule has 14 heavy (non-hydrogen) atoms. The molecule has 0 atom stereocenters. The number of hydrogen-bond donors (Lipinski definition) is 0. The van der Waals surface area contributed by atoms with Crippen LogP contribution in [-0.4, -0.2) is 0 Å². The number of rotatable bonds is 4. The van der Waals surface area contributed by atoms with Gasteiger partial charge in [-0.05, 0) is 25.7 Å². The molecular formula is C14H28. The van der Waals surface area contributed by atoms with Gasteiger partial charge in [0, 0.05) is 0 Å². The molecule has 1 aliphatic rings. The Morgan fingerprint density at radius 2 is 1.36 bits per heavy atom. The van der Waals surface area contributed by atoms with Gasteiger partial charge < -0.3 is 0 Å². The Balaban J connectivity index is 0.000000241. The fraction of sp³-hybridized carbons (Fsp3) is 0.857. The molecule has 0 heteroatoms. The maximum Gasteiger partial charge on any atom is -0.0323 e. The lowest BCUT2D eigenvalue weighted by atomic mass is 9.97. The molecule has 0 bridgehead atoms. The van der Waals surface area contributed by atoms with Crippen LogP contribution in [0.2, 0.25) is 0 Å². The Hall–Kier alpha value is -0.260. The van der Waals surface area contributed by atoms with Crippen LogP contribution >= 0.6 is 0 Å². The van der Waals surface area contributed by atoms with Crippen LogP contribution in [0.1, 0.15) is 78.1 Å². The van der Waals surface area contributed by atoms with Crippen LogP contribution in [0.3, 0.4) is 0 Å². The standard InChI is InChI=1S/C7H12.C7H16/c1-7-5-3-2-4-6-7;1-3-5-7-6-4-2/h1-6H2;3-7H2,1-2H3. The summed E-state index contributed by atoms with van der Waals surface area (Å²) < 4.78 is 0. The van der Waals surface area contributed by atoms with Crippen molar-refractivity contribution in [2.45, 2.75) is 78.1 Å². The van der Waals surface area contributed by atoms with Crippen molar-refractivity contribution >= 4 is 0 Å². The molecule has 0 saturated heterocycles. The first-order chi connectivity index (χ1) is 6.81. The minimum atomic E-state index is 1.29. The van der Waals surface area contributed by atoms with Gasteiger partial charge in [-0.3, -0.25) is 0 Å². The minimum Gasteiger partial charge on any atom is -0.0999 e. The number of allylic oxidation sites excluding steroid dienone is 1. The molecule has 0 spiro atoms.